The molecule has 0 aliphatic carbocycles. The molecular formula is C24H36FN3O3. The highest BCUT2D eigenvalue weighted by atomic mass is 19.1. The number of hydrogen-bond donors (Lipinski definition) is 0. The normalized spacial score (nSPS) is 22.4. The summed E-state index contributed by atoms with van der Waals surface area (Å²) in [6, 6.07) is 5.97. The van der Waals surface area contributed by atoms with Gasteiger partial charge in [0.15, 0.2) is 0 Å². The summed E-state index contributed by atoms with van der Waals surface area (Å²) in [5, 5.41) is 0. The molecule has 0 aromatic heterocycles. The molecule has 2 aliphatic heterocycles. The second-order valence-corrected chi connectivity index (χ2v) is 9.13. The number of carbonyl (C=O) groups excluding carboxylic acids is 2. The van der Waals surface area contributed by atoms with Crippen LogP contribution in [-0.2, 0) is 9.59 Å². The number of benzene rings is 1. The molecule has 0 bridgehead atoms. The number of halogens is 1. The fourth-order valence-electron chi connectivity index (χ4n) is 4.48. The van der Waals surface area contributed by atoms with Gasteiger partial charge in [-0.05, 0) is 50.6 Å². The number of piperazine rings is 1. The van der Waals surface area contributed by atoms with Gasteiger partial charge in [0.1, 0.15) is 11.6 Å². The molecule has 1 atom stereocenters. The number of ether oxygens (including phenoxy) is 1. The number of carbonyl (C=O) groups is 2. The van der Waals surface area contributed by atoms with E-state index in [-0.39, 0.29) is 17.6 Å². The van der Waals surface area contributed by atoms with Crippen LogP contribution in [0.15, 0.2) is 24.3 Å². The zero-order chi connectivity index (χ0) is 22.3. The van der Waals surface area contributed by atoms with Gasteiger partial charge in [-0.3, -0.25) is 9.59 Å². The minimum Gasteiger partial charge on any atom is -0.493 e. The number of amides is 2. The summed E-state index contributed by atoms with van der Waals surface area (Å²) in [5.74, 6) is 0.582. The highest BCUT2D eigenvalue weighted by Gasteiger charge is 2.41. The molecule has 2 saturated heterocycles. The summed E-state index contributed by atoms with van der Waals surface area (Å²) >= 11 is 0. The molecule has 2 heterocycles. The third-order valence-corrected chi connectivity index (χ3v) is 6.50. The summed E-state index contributed by atoms with van der Waals surface area (Å²) in [7, 11) is 2.07. The highest BCUT2D eigenvalue weighted by Crippen LogP contribution is 2.36. The van der Waals surface area contributed by atoms with E-state index in [1.54, 1.807) is 12.1 Å². The van der Waals surface area contributed by atoms with Gasteiger partial charge in [-0.15, -0.1) is 0 Å². The van der Waals surface area contributed by atoms with E-state index >= 15 is 0 Å². The van der Waals surface area contributed by atoms with E-state index in [9.17, 15) is 14.0 Å². The molecule has 0 radical (unpaired) electrons. The van der Waals surface area contributed by atoms with Gasteiger partial charge < -0.3 is 19.4 Å². The Morgan fingerprint density at radius 2 is 1.74 bits per heavy atom. The molecule has 1 aromatic carbocycles. The SMILES string of the molecule is CCCCC(=O)N1CCC[C@@](COc2ccc(F)cc2)(CC(=O)N2CCN(C)CC2)C1. The number of hydrogen-bond acceptors (Lipinski definition) is 4. The molecule has 2 amide bonds. The van der Waals surface area contributed by atoms with Crippen molar-refractivity contribution < 1.29 is 18.7 Å². The number of likely N-dealkylation sites (tertiary alicyclic amines) is 1. The van der Waals surface area contributed by atoms with E-state index in [4.69, 9.17) is 4.74 Å². The Kier molecular flexibility index (Phi) is 8.29. The molecule has 0 saturated carbocycles. The van der Waals surface area contributed by atoms with E-state index in [1.165, 1.54) is 12.1 Å². The standard InChI is InChI=1S/C24H36FN3O3/c1-3-4-6-22(29)28-12-5-11-24(18-28,19-31-21-9-7-20(25)8-10-21)17-23(30)27-15-13-26(2)14-16-27/h7-10H,3-6,11-19H2,1-2H3/t24-/m1/s1. The summed E-state index contributed by atoms with van der Waals surface area (Å²) < 4.78 is 19.3. The molecule has 172 valence electrons. The lowest BCUT2D eigenvalue weighted by molar-refractivity contribution is -0.142. The first kappa shape index (κ1) is 23.5. The summed E-state index contributed by atoms with van der Waals surface area (Å²) in [5.41, 5.74) is -0.422. The predicted octanol–water partition coefficient (Wildman–Crippen LogP) is 3.17. The van der Waals surface area contributed by atoms with Gasteiger partial charge in [-0.1, -0.05) is 13.3 Å². The Morgan fingerprint density at radius 3 is 2.42 bits per heavy atom. The average molecular weight is 434 g/mol. The van der Waals surface area contributed by atoms with Crippen LogP contribution >= 0.6 is 0 Å². The van der Waals surface area contributed by atoms with Crippen molar-refractivity contribution in [3.8, 4) is 5.75 Å². The second-order valence-electron chi connectivity index (χ2n) is 9.13. The molecule has 3 rings (SSSR count). The first-order valence-electron chi connectivity index (χ1n) is 11.5. The van der Waals surface area contributed by atoms with Gasteiger partial charge in [-0.2, -0.15) is 0 Å². The monoisotopic (exact) mass is 433 g/mol. The van der Waals surface area contributed by atoms with Gasteiger partial charge in [0.2, 0.25) is 11.8 Å². The molecule has 7 heteroatoms. The Bertz CT molecular complexity index is 734. The minimum absolute atomic E-state index is 0.138. The topological polar surface area (TPSA) is 53.1 Å². The zero-order valence-corrected chi connectivity index (χ0v) is 18.9. The van der Waals surface area contributed by atoms with E-state index < -0.39 is 5.41 Å². The lowest BCUT2D eigenvalue weighted by Gasteiger charge is -2.43. The van der Waals surface area contributed by atoms with Crippen molar-refractivity contribution in [2.24, 2.45) is 5.41 Å². The maximum absolute atomic E-state index is 13.3. The predicted molar refractivity (Wildman–Crippen MR) is 118 cm³/mol. The summed E-state index contributed by atoms with van der Waals surface area (Å²) in [6.07, 6.45) is 4.49. The molecule has 6 nitrogen and oxygen atoms in total. The van der Waals surface area contributed by atoms with Crippen molar-refractivity contribution >= 4 is 11.8 Å². The largest absolute Gasteiger partial charge is 0.493 e. The average Bonchev–Trinajstić information content (AvgIpc) is 2.77. The lowest BCUT2D eigenvalue weighted by Crippen LogP contribution is -2.53. The van der Waals surface area contributed by atoms with Crippen LogP contribution in [-0.4, -0.2) is 79.4 Å². The quantitative estimate of drug-likeness (QED) is 0.632. The van der Waals surface area contributed by atoms with E-state index in [2.05, 4.69) is 18.9 Å². The van der Waals surface area contributed by atoms with Crippen molar-refractivity contribution in [1.29, 1.82) is 0 Å². The highest BCUT2D eigenvalue weighted by molar-refractivity contribution is 5.78. The van der Waals surface area contributed by atoms with Crippen molar-refractivity contribution in [2.45, 2.75) is 45.4 Å². The van der Waals surface area contributed by atoms with Gasteiger partial charge in [0.05, 0.1) is 6.61 Å². The third kappa shape index (κ3) is 6.66. The first-order valence-corrected chi connectivity index (χ1v) is 11.5. The van der Waals surface area contributed by atoms with Gasteiger partial charge >= 0.3 is 0 Å². The molecule has 2 fully saturated rings. The fourth-order valence-corrected chi connectivity index (χ4v) is 4.48. The Morgan fingerprint density at radius 1 is 1.03 bits per heavy atom. The van der Waals surface area contributed by atoms with Crippen molar-refractivity contribution in [3.05, 3.63) is 30.1 Å². The van der Waals surface area contributed by atoms with Crippen LogP contribution in [0.1, 0.15) is 45.4 Å². The number of likely N-dealkylation sites (N-methyl/N-ethyl adjacent to an activating group) is 1. The second kappa shape index (κ2) is 10.9. The van der Waals surface area contributed by atoms with E-state index in [1.807, 2.05) is 9.80 Å². The molecule has 2 aliphatic rings. The van der Waals surface area contributed by atoms with Crippen LogP contribution in [0.4, 0.5) is 4.39 Å². The van der Waals surface area contributed by atoms with Gasteiger partial charge in [0, 0.05) is 57.5 Å². The van der Waals surface area contributed by atoms with Gasteiger partial charge in [0.25, 0.3) is 0 Å². The van der Waals surface area contributed by atoms with Crippen LogP contribution < -0.4 is 4.74 Å². The van der Waals surface area contributed by atoms with Crippen molar-refractivity contribution in [3.63, 3.8) is 0 Å². The molecule has 31 heavy (non-hydrogen) atoms. The molecule has 1 aromatic rings. The van der Waals surface area contributed by atoms with E-state index in [0.29, 0.717) is 31.7 Å². The number of unbranched alkanes of at least 4 members (excludes halogenated alkanes) is 1. The lowest BCUT2D eigenvalue weighted by atomic mass is 9.77. The maximum atomic E-state index is 13.3. The Balaban J connectivity index is 1.71. The van der Waals surface area contributed by atoms with Crippen LogP contribution in [0.25, 0.3) is 0 Å². The molecular weight excluding hydrogens is 397 g/mol. The Labute approximate surface area is 185 Å². The number of piperidine rings is 1. The van der Waals surface area contributed by atoms with Crippen LogP contribution in [0.3, 0.4) is 0 Å². The smallest absolute Gasteiger partial charge is 0.223 e. The number of rotatable bonds is 8. The summed E-state index contributed by atoms with van der Waals surface area (Å²) in [4.78, 5) is 32.0. The van der Waals surface area contributed by atoms with Gasteiger partial charge in [-0.25, -0.2) is 4.39 Å². The first-order chi connectivity index (χ1) is 14.9. The van der Waals surface area contributed by atoms with Crippen molar-refractivity contribution in [2.75, 3.05) is 52.9 Å². The third-order valence-electron chi connectivity index (χ3n) is 6.50. The molecule has 0 spiro atoms. The van der Waals surface area contributed by atoms with Crippen LogP contribution in [0.5, 0.6) is 5.75 Å². The van der Waals surface area contributed by atoms with Crippen LogP contribution in [0, 0.1) is 11.2 Å². The zero-order valence-electron chi connectivity index (χ0n) is 18.9. The van der Waals surface area contributed by atoms with E-state index in [0.717, 1.165) is 58.4 Å². The van der Waals surface area contributed by atoms with Crippen LogP contribution in [0.2, 0.25) is 0 Å². The minimum atomic E-state index is -0.422. The molecule has 0 unspecified atom stereocenters. The maximum Gasteiger partial charge on any atom is 0.223 e. The molecule has 0 N–H and O–H groups in total. The summed E-state index contributed by atoms with van der Waals surface area (Å²) in [6.45, 7) is 6.94. The fraction of sp³-hybridized carbons (Fsp3) is 0.667. The Hall–Kier alpha value is -2.15. The number of nitrogens with zero attached hydrogens (tertiary/aromatic N) is 3. The van der Waals surface area contributed by atoms with Crippen molar-refractivity contribution in [1.82, 2.24) is 14.7 Å².